The number of ether oxygens (including phenoxy) is 2. The van der Waals surface area contributed by atoms with Crippen LogP contribution >= 0.6 is 0 Å². The van der Waals surface area contributed by atoms with E-state index in [1.165, 1.54) is 25.7 Å². The topological polar surface area (TPSA) is 81.8 Å². The maximum absolute atomic E-state index is 11.5. The van der Waals surface area contributed by atoms with Gasteiger partial charge in [-0.05, 0) is 57.3 Å². The molecule has 3 N–H and O–H groups in total. The van der Waals surface area contributed by atoms with Crippen molar-refractivity contribution in [2.45, 2.75) is 90.3 Å². The van der Waals surface area contributed by atoms with Gasteiger partial charge in [-0.25, -0.2) is 0 Å². The van der Waals surface area contributed by atoms with Crippen LogP contribution in [0.2, 0.25) is 0 Å². The number of aliphatic hydroxyl groups is 1. The Morgan fingerprint density at radius 3 is 2.39 bits per heavy atom. The lowest BCUT2D eigenvalue weighted by Gasteiger charge is -2.31. The van der Waals surface area contributed by atoms with E-state index in [1.807, 2.05) is 0 Å². The quantitative estimate of drug-likeness (QED) is 0.785. The molecule has 5 nitrogen and oxygen atoms in total. The summed E-state index contributed by atoms with van der Waals surface area (Å²) in [6.45, 7) is 8.08. The molecule has 1 aliphatic carbocycles. The highest BCUT2D eigenvalue weighted by Crippen LogP contribution is 2.36. The summed E-state index contributed by atoms with van der Waals surface area (Å²) in [6.07, 6.45) is 4.50. The monoisotopic (exact) mass is 327 g/mol. The highest BCUT2D eigenvalue weighted by Gasteiger charge is 2.47. The maximum atomic E-state index is 11.5. The summed E-state index contributed by atoms with van der Waals surface area (Å²) in [7, 11) is 0. The van der Waals surface area contributed by atoms with E-state index in [0.717, 1.165) is 18.3 Å². The molecule has 0 radical (unpaired) electrons. The van der Waals surface area contributed by atoms with E-state index in [2.05, 4.69) is 13.8 Å². The summed E-state index contributed by atoms with van der Waals surface area (Å²) in [4.78, 5) is 11.5. The number of primary amides is 1. The van der Waals surface area contributed by atoms with Crippen LogP contribution in [-0.4, -0.2) is 35.1 Å². The van der Waals surface area contributed by atoms with Gasteiger partial charge in [0.15, 0.2) is 11.9 Å². The van der Waals surface area contributed by atoms with Gasteiger partial charge in [-0.15, -0.1) is 0 Å². The SMILES string of the molecule is CC1CCC(C(C)CC[C@@H](O)[C@H]2OC(C)(C)O[C@H]2C(N)=O)CC1. The number of carbonyl (C=O) groups is 1. The van der Waals surface area contributed by atoms with E-state index < -0.39 is 30.0 Å². The third-order valence-corrected chi connectivity index (χ3v) is 5.57. The van der Waals surface area contributed by atoms with Crippen LogP contribution in [0.15, 0.2) is 0 Å². The van der Waals surface area contributed by atoms with Gasteiger partial charge in [0, 0.05) is 0 Å². The van der Waals surface area contributed by atoms with Gasteiger partial charge in [0.1, 0.15) is 6.10 Å². The van der Waals surface area contributed by atoms with Crippen molar-refractivity contribution in [2.75, 3.05) is 0 Å². The molecular weight excluding hydrogens is 294 g/mol. The van der Waals surface area contributed by atoms with E-state index >= 15 is 0 Å². The van der Waals surface area contributed by atoms with Crippen molar-refractivity contribution in [2.24, 2.45) is 23.5 Å². The fourth-order valence-corrected chi connectivity index (χ4v) is 3.98. The molecule has 4 atom stereocenters. The van der Waals surface area contributed by atoms with Crippen LogP contribution < -0.4 is 5.73 Å². The molecule has 1 saturated carbocycles. The lowest BCUT2D eigenvalue weighted by Crippen LogP contribution is -2.43. The Labute approximate surface area is 139 Å². The van der Waals surface area contributed by atoms with Gasteiger partial charge < -0.3 is 20.3 Å². The molecule has 2 fully saturated rings. The average Bonchev–Trinajstić information content (AvgIpc) is 2.81. The zero-order valence-corrected chi connectivity index (χ0v) is 15.0. The van der Waals surface area contributed by atoms with Gasteiger partial charge in [0.2, 0.25) is 5.91 Å². The molecule has 23 heavy (non-hydrogen) atoms. The van der Waals surface area contributed by atoms with Gasteiger partial charge in [-0.1, -0.05) is 26.7 Å². The summed E-state index contributed by atoms with van der Waals surface area (Å²) in [5.41, 5.74) is 5.38. The molecule has 0 bridgehead atoms. The van der Waals surface area contributed by atoms with Gasteiger partial charge in [-0.3, -0.25) is 4.79 Å². The molecule has 2 aliphatic rings. The van der Waals surface area contributed by atoms with Gasteiger partial charge in [0.25, 0.3) is 0 Å². The molecular formula is C18H33NO4. The number of nitrogens with two attached hydrogens (primary N) is 1. The molecule has 1 saturated heterocycles. The number of rotatable bonds is 6. The molecule has 0 spiro atoms. The molecule has 2 rings (SSSR count). The van der Waals surface area contributed by atoms with Crippen molar-refractivity contribution in [3.8, 4) is 0 Å². The van der Waals surface area contributed by atoms with Crippen LogP contribution in [-0.2, 0) is 14.3 Å². The minimum absolute atomic E-state index is 0.575. The zero-order chi connectivity index (χ0) is 17.2. The number of aliphatic hydroxyl groups excluding tert-OH is 1. The van der Waals surface area contributed by atoms with Crippen LogP contribution in [0.1, 0.15) is 66.2 Å². The Balaban J connectivity index is 1.83. The van der Waals surface area contributed by atoms with Crippen molar-refractivity contribution < 1.29 is 19.4 Å². The Hall–Kier alpha value is -0.650. The van der Waals surface area contributed by atoms with Crippen molar-refractivity contribution in [3.05, 3.63) is 0 Å². The smallest absolute Gasteiger partial charge is 0.249 e. The Bertz CT molecular complexity index is 404. The van der Waals surface area contributed by atoms with Crippen molar-refractivity contribution in [1.82, 2.24) is 0 Å². The van der Waals surface area contributed by atoms with Crippen LogP contribution in [0.4, 0.5) is 0 Å². The van der Waals surface area contributed by atoms with Crippen LogP contribution in [0.5, 0.6) is 0 Å². The zero-order valence-electron chi connectivity index (χ0n) is 15.0. The fraction of sp³-hybridized carbons (Fsp3) is 0.944. The minimum atomic E-state index is -0.879. The number of amides is 1. The standard InChI is InChI=1S/C18H33NO4/c1-11-5-8-13(9-6-11)12(2)7-10-14(20)15-16(17(19)21)23-18(3,4)22-15/h11-16,20H,5-10H2,1-4H3,(H2,19,21)/t11?,12?,13?,14-,15-,16-/m1/s1. The largest absolute Gasteiger partial charge is 0.390 e. The highest BCUT2D eigenvalue weighted by molar-refractivity contribution is 5.80. The first-order valence-corrected chi connectivity index (χ1v) is 9.02. The minimum Gasteiger partial charge on any atom is -0.390 e. The first-order chi connectivity index (χ1) is 10.7. The number of carbonyl (C=O) groups excluding carboxylic acids is 1. The van der Waals surface area contributed by atoms with Gasteiger partial charge >= 0.3 is 0 Å². The molecule has 1 unspecified atom stereocenters. The van der Waals surface area contributed by atoms with Crippen molar-refractivity contribution in [3.63, 3.8) is 0 Å². The summed E-state index contributed by atoms with van der Waals surface area (Å²) in [5, 5.41) is 10.5. The van der Waals surface area contributed by atoms with E-state index in [4.69, 9.17) is 15.2 Å². The van der Waals surface area contributed by atoms with E-state index in [0.29, 0.717) is 12.3 Å². The normalized spacial score (nSPS) is 36.6. The van der Waals surface area contributed by atoms with Crippen LogP contribution in [0.3, 0.4) is 0 Å². The van der Waals surface area contributed by atoms with E-state index in [1.54, 1.807) is 13.8 Å². The predicted octanol–water partition coefficient (Wildman–Crippen LogP) is 2.60. The van der Waals surface area contributed by atoms with Crippen LogP contribution in [0.25, 0.3) is 0 Å². The predicted molar refractivity (Wildman–Crippen MR) is 88.5 cm³/mol. The van der Waals surface area contributed by atoms with E-state index in [-0.39, 0.29) is 0 Å². The second-order valence-electron chi connectivity index (χ2n) is 8.07. The Morgan fingerprint density at radius 2 is 1.83 bits per heavy atom. The molecule has 1 amide bonds. The molecule has 134 valence electrons. The summed E-state index contributed by atoms with van der Waals surface area (Å²) < 4.78 is 11.2. The second-order valence-corrected chi connectivity index (χ2v) is 8.07. The summed E-state index contributed by atoms with van der Waals surface area (Å²) >= 11 is 0. The third-order valence-electron chi connectivity index (χ3n) is 5.57. The summed E-state index contributed by atoms with van der Waals surface area (Å²) in [5.74, 6) is 0.735. The lowest BCUT2D eigenvalue weighted by atomic mass is 9.75. The van der Waals surface area contributed by atoms with E-state index in [9.17, 15) is 9.90 Å². The number of hydrogen-bond donors (Lipinski definition) is 2. The van der Waals surface area contributed by atoms with Crippen molar-refractivity contribution >= 4 is 5.91 Å². The van der Waals surface area contributed by atoms with Crippen molar-refractivity contribution in [1.29, 1.82) is 0 Å². The Kier molecular flexibility index (Phi) is 6.09. The average molecular weight is 327 g/mol. The fourth-order valence-electron chi connectivity index (χ4n) is 3.98. The number of hydrogen-bond acceptors (Lipinski definition) is 4. The molecule has 5 heteroatoms. The Morgan fingerprint density at radius 1 is 1.22 bits per heavy atom. The lowest BCUT2D eigenvalue weighted by molar-refractivity contribution is -0.159. The molecule has 1 aliphatic heterocycles. The maximum Gasteiger partial charge on any atom is 0.249 e. The first-order valence-electron chi connectivity index (χ1n) is 9.02. The second kappa shape index (κ2) is 7.49. The summed E-state index contributed by atoms with van der Waals surface area (Å²) in [6, 6.07) is 0. The molecule has 0 aromatic heterocycles. The molecule has 1 heterocycles. The van der Waals surface area contributed by atoms with Gasteiger partial charge in [-0.2, -0.15) is 0 Å². The molecule has 0 aromatic carbocycles. The highest BCUT2D eigenvalue weighted by atomic mass is 16.8. The third kappa shape index (κ3) is 4.91. The molecule has 0 aromatic rings. The first kappa shape index (κ1) is 18.7. The van der Waals surface area contributed by atoms with Gasteiger partial charge in [0.05, 0.1) is 6.10 Å². The van der Waals surface area contributed by atoms with Crippen LogP contribution in [0, 0.1) is 17.8 Å².